The molecule has 0 aliphatic heterocycles. The Labute approximate surface area is 205 Å². The lowest BCUT2D eigenvalue weighted by atomic mass is 10.1. The fourth-order valence-electron chi connectivity index (χ4n) is 3.54. The van der Waals surface area contributed by atoms with Gasteiger partial charge in [0.05, 0.1) is 10.6 Å². The molecule has 35 heavy (non-hydrogen) atoms. The van der Waals surface area contributed by atoms with E-state index in [4.69, 9.17) is 0 Å². The normalized spacial score (nSPS) is 12.0. The molecule has 7 nitrogen and oxygen atoms in total. The van der Waals surface area contributed by atoms with Crippen LogP contribution in [-0.2, 0) is 26.2 Å². The van der Waals surface area contributed by atoms with Crippen LogP contribution >= 0.6 is 0 Å². The second-order valence-electron chi connectivity index (χ2n) is 8.10. The minimum atomic E-state index is -4.21. The highest BCUT2D eigenvalue weighted by molar-refractivity contribution is 7.92. The minimum absolute atomic E-state index is 0.118. The summed E-state index contributed by atoms with van der Waals surface area (Å²) in [5.41, 5.74) is 2.12. The molecule has 0 bridgehead atoms. The first-order chi connectivity index (χ1) is 16.6. The van der Waals surface area contributed by atoms with Crippen molar-refractivity contribution in [2.75, 3.05) is 17.9 Å². The molecule has 184 valence electrons. The Morgan fingerprint density at radius 1 is 0.943 bits per heavy atom. The molecule has 0 saturated carbocycles. The number of halogens is 1. The van der Waals surface area contributed by atoms with Crippen LogP contribution in [0.1, 0.15) is 18.1 Å². The molecular formula is C26H28FN3O4S. The maximum absolute atomic E-state index is 13.6. The van der Waals surface area contributed by atoms with Crippen molar-refractivity contribution in [3.05, 3.63) is 95.8 Å². The van der Waals surface area contributed by atoms with Gasteiger partial charge in [-0.2, -0.15) is 0 Å². The molecule has 0 aromatic heterocycles. The summed E-state index contributed by atoms with van der Waals surface area (Å²) in [6.07, 6.45) is 0. The van der Waals surface area contributed by atoms with Crippen LogP contribution in [0.2, 0.25) is 0 Å². The molecule has 0 radical (unpaired) electrons. The molecule has 0 aliphatic rings. The fourth-order valence-corrected chi connectivity index (χ4v) is 4.95. The molecule has 0 unspecified atom stereocenters. The van der Waals surface area contributed by atoms with Gasteiger partial charge in [0.1, 0.15) is 18.4 Å². The van der Waals surface area contributed by atoms with E-state index in [1.807, 2.05) is 31.2 Å². The van der Waals surface area contributed by atoms with Gasteiger partial charge in [0.15, 0.2) is 0 Å². The number of nitrogens with zero attached hydrogens (tertiary/aromatic N) is 2. The van der Waals surface area contributed by atoms with Crippen LogP contribution in [0.5, 0.6) is 0 Å². The first-order valence-electron chi connectivity index (χ1n) is 11.0. The number of hydrogen-bond donors (Lipinski definition) is 1. The van der Waals surface area contributed by atoms with Crippen molar-refractivity contribution in [3.63, 3.8) is 0 Å². The first kappa shape index (κ1) is 25.9. The van der Waals surface area contributed by atoms with Gasteiger partial charge in [0.25, 0.3) is 10.0 Å². The van der Waals surface area contributed by atoms with Crippen LogP contribution in [0.15, 0.2) is 83.8 Å². The van der Waals surface area contributed by atoms with E-state index in [9.17, 15) is 22.4 Å². The molecule has 0 aliphatic carbocycles. The molecule has 0 fully saturated rings. The van der Waals surface area contributed by atoms with Crippen molar-refractivity contribution < 1.29 is 22.4 Å². The van der Waals surface area contributed by atoms with Crippen LogP contribution in [0, 0.1) is 12.7 Å². The zero-order valence-corrected chi connectivity index (χ0v) is 20.6. The number of nitrogens with one attached hydrogen (secondary N) is 1. The van der Waals surface area contributed by atoms with Crippen molar-refractivity contribution in [1.29, 1.82) is 0 Å². The lowest BCUT2D eigenvalue weighted by molar-refractivity contribution is -0.139. The number of rotatable bonds is 9. The van der Waals surface area contributed by atoms with Gasteiger partial charge < -0.3 is 10.2 Å². The summed E-state index contributed by atoms with van der Waals surface area (Å²) in [6, 6.07) is 19.3. The number of amides is 2. The van der Waals surface area contributed by atoms with E-state index in [1.165, 1.54) is 11.9 Å². The van der Waals surface area contributed by atoms with Crippen molar-refractivity contribution in [2.24, 2.45) is 0 Å². The fraction of sp³-hybridized carbons (Fsp3) is 0.231. The van der Waals surface area contributed by atoms with E-state index in [-0.39, 0.29) is 23.0 Å². The lowest BCUT2D eigenvalue weighted by Crippen LogP contribution is -2.50. The van der Waals surface area contributed by atoms with Gasteiger partial charge in [-0.3, -0.25) is 13.9 Å². The van der Waals surface area contributed by atoms with Crippen molar-refractivity contribution >= 4 is 27.5 Å². The molecule has 1 atom stereocenters. The number of benzene rings is 3. The number of anilines is 1. The molecule has 2 amide bonds. The number of para-hydroxylation sites is 1. The van der Waals surface area contributed by atoms with Gasteiger partial charge in [0.2, 0.25) is 11.8 Å². The topological polar surface area (TPSA) is 86.8 Å². The van der Waals surface area contributed by atoms with E-state index in [0.29, 0.717) is 0 Å². The number of carbonyl (C=O) groups is 2. The van der Waals surface area contributed by atoms with E-state index in [2.05, 4.69) is 5.32 Å². The van der Waals surface area contributed by atoms with E-state index >= 15 is 0 Å². The summed E-state index contributed by atoms with van der Waals surface area (Å²) in [7, 11) is -2.74. The molecule has 0 spiro atoms. The Hall–Kier alpha value is -3.72. The maximum Gasteiger partial charge on any atom is 0.264 e. The highest BCUT2D eigenvalue weighted by Gasteiger charge is 2.32. The van der Waals surface area contributed by atoms with Crippen LogP contribution in [0.4, 0.5) is 10.1 Å². The Kier molecular flexibility index (Phi) is 8.24. The van der Waals surface area contributed by atoms with Crippen molar-refractivity contribution in [1.82, 2.24) is 10.2 Å². The monoisotopic (exact) mass is 497 g/mol. The maximum atomic E-state index is 13.6. The third kappa shape index (κ3) is 6.24. The number of sulfonamides is 1. The summed E-state index contributed by atoms with van der Waals surface area (Å²) < 4.78 is 41.4. The number of carbonyl (C=O) groups excluding carboxylic acids is 2. The van der Waals surface area contributed by atoms with Gasteiger partial charge in [-0.15, -0.1) is 0 Å². The molecule has 0 heterocycles. The smallest absolute Gasteiger partial charge is 0.264 e. The number of aryl methyl sites for hydroxylation is 1. The van der Waals surface area contributed by atoms with E-state index in [0.717, 1.165) is 39.7 Å². The quantitative estimate of drug-likeness (QED) is 0.490. The predicted molar refractivity (Wildman–Crippen MR) is 133 cm³/mol. The van der Waals surface area contributed by atoms with E-state index in [1.54, 1.807) is 37.3 Å². The highest BCUT2D eigenvalue weighted by atomic mass is 32.2. The molecule has 9 heteroatoms. The molecule has 3 aromatic carbocycles. The van der Waals surface area contributed by atoms with Gasteiger partial charge in [-0.1, -0.05) is 48.0 Å². The standard InChI is InChI=1S/C26H28FN3O4S/c1-19-9-11-21(12-10-19)17-29(20(2)26(32)28-3)25(31)18-30(23-7-5-4-6-8-23)35(33,34)24-15-13-22(27)14-16-24/h4-16,20H,17-18H2,1-3H3,(H,28,32)/t20-/m0/s1. The Bertz CT molecular complexity index is 1260. The van der Waals surface area contributed by atoms with Crippen LogP contribution in [0.25, 0.3) is 0 Å². The zero-order valence-electron chi connectivity index (χ0n) is 19.8. The SMILES string of the molecule is CNC(=O)[C@H](C)N(Cc1ccc(C)cc1)C(=O)CN(c1ccccc1)S(=O)(=O)c1ccc(F)cc1. The summed E-state index contributed by atoms with van der Waals surface area (Å²) in [4.78, 5) is 27.2. The van der Waals surface area contributed by atoms with Crippen molar-refractivity contribution in [2.45, 2.75) is 31.3 Å². The van der Waals surface area contributed by atoms with Gasteiger partial charge in [-0.25, -0.2) is 12.8 Å². The van der Waals surface area contributed by atoms with E-state index < -0.39 is 34.3 Å². The Morgan fingerprint density at radius 2 is 1.54 bits per heavy atom. The summed E-state index contributed by atoms with van der Waals surface area (Å²) in [5, 5.41) is 2.54. The Balaban J connectivity index is 1.99. The molecule has 3 aromatic rings. The van der Waals surface area contributed by atoms with Crippen molar-refractivity contribution in [3.8, 4) is 0 Å². The molecule has 3 rings (SSSR count). The zero-order chi connectivity index (χ0) is 25.6. The average molecular weight is 498 g/mol. The lowest BCUT2D eigenvalue weighted by Gasteiger charge is -2.31. The summed E-state index contributed by atoms with van der Waals surface area (Å²) in [5.74, 6) is -1.51. The van der Waals surface area contributed by atoms with Gasteiger partial charge in [0, 0.05) is 13.6 Å². The van der Waals surface area contributed by atoms with Crippen LogP contribution in [0.3, 0.4) is 0 Å². The summed E-state index contributed by atoms with van der Waals surface area (Å²) in [6.45, 7) is 3.11. The number of likely N-dealkylation sites (N-methyl/N-ethyl adjacent to an activating group) is 1. The van der Waals surface area contributed by atoms with Crippen LogP contribution in [-0.4, -0.2) is 44.8 Å². The third-order valence-electron chi connectivity index (χ3n) is 5.61. The Morgan fingerprint density at radius 3 is 2.11 bits per heavy atom. The minimum Gasteiger partial charge on any atom is -0.357 e. The first-order valence-corrected chi connectivity index (χ1v) is 12.5. The summed E-state index contributed by atoms with van der Waals surface area (Å²) >= 11 is 0. The number of hydrogen-bond acceptors (Lipinski definition) is 4. The molecule has 0 saturated heterocycles. The average Bonchev–Trinajstić information content (AvgIpc) is 2.86. The largest absolute Gasteiger partial charge is 0.357 e. The second-order valence-corrected chi connectivity index (χ2v) is 9.96. The molecule has 1 N–H and O–H groups in total. The second kappa shape index (κ2) is 11.1. The predicted octanol–water partition coefficient (Wildman–Crippen LogP) is 3.49. The highest BCUT2D eigenvalue weighted by Crippen LogP contribution is 2.24. The van der Waals surface area contributed by atoms with Gasteiger partial charge >= 0.3 is 0 Å². The third-order valence-corrected chi connectivity index (χ3v) is 7.40. The molecular weight excluding hydrogens is 469 g/mol. The van der Waals surface area contributed by atoms with Gasteiger partial charge in [-0.05, 0) is 55.8 Å². The van der Waals surface area contributed by atoms with Crippen LogP contribution < -0.4 is 9.62 Å².